The Kier molecular flexibility index (Phi) is 9.69. The maximum absolute atomic E-state index is 11.6. The summed E-state index contributed by atoms with van der Waals surface area (Å²) in [6.45, 7) is 1.64. The van der Waals surface area contributed by atoms with E-state index in [4.69, 9.17) is 4.74 Å². The van der Waals surface area contributed by atoms with Gasteiger partial charge >= 0.3 is 6.03 Å². The fourth-order valence-electron chi connectivity index (χ4n) is 2.00. The van der Waals surface area contributed by atoms with Crippen LogP contribution in [-0.2, 0) is 0 Å². The number of aliphatic hydroxyl groups is 1. The Morgan fingerprint density at radius 1 is 1.00 bits per heavy atom. The van der Waals surface area contributed by atoms with Gasteiger partial charge in [-0.3, -0.25) is 0 Å². The number of urea groups is 1. The number of carbonyl (C=O) groups excluding carboxylic acids is 1. The van der Waals surface area contributed by atoms with Crippen LogP contribution < -0.4 is 20.7 Å². The van der Waals surface area contributed by atoms with E-state index >= 15 is 0 Å². The van der Waals surface area contributed by atoms with Crippen LogP contribution >= 0.6 is 0 Å². The van der Waals surface area contributed by atoms with Gasteiger partial charge in [0.05, 0.1) is 0 Å². The van der Waals surface area contributed by atoms with Crippen molar-refractivity contribution < 1.29 is 20.1 Å². The van der Waals surface area contributed by atoms with Crippen LogP contribution in [0.15, 0.2) is 60.7 Å². The van der Waals surface area contributed by atoms with E-state index in [0.29, 0.717) is 19.6 Å². The van der Waals surface area contributed by atoms with Crippen molar-refractivity contribution in [2.45, 2.75) is 6.10 Å². The van der Waals surface area contributed by atoms with E-state index in [-0.39, 0.29) is 18.1 Å². The summed E-state index contributed by atoms with van der Waals surface area (Å²) in [6, 6.07) is 18.3. The van der Waals surface area contributed by atoms with E-state index in [1.165, 1.54) is 0 Å². The fraction of sp³-hybridized carbons (Fsp3) is 0.278. The first-order valence-corrected chi connectivity index (χ1v) is 7.90. The first-order chi connectivity index (χ1) is 11.7. The lowest BCUT2D eigenvalue weighted by Crippen LogP contribution is -2.38. The Morgan fingerprint density at radius 2 is 1.64 bits per heavy atom. The van der Waals surface area contributed by atoms with Crippen LogP contribution in [0.1, 0.15) is 0 Å². The number of hydrogen-bond acceptors (Lipinski definition) is 4. The highest BCUT2D eigenvalue weighted by atomic mass is 16.5. The molecule has 0 aliphatic heterocycles. The smallest absolute Gasteiger partial charge is 0.319 e. The quantitative estimate of drug-likeness (QED) is 0.507. The highest BCUT2D eigenvalue weighted by Crippen LogP contribution is 2.08. The van der Waals surface area contributed by atoms with Crippen LogP contribution in [0.2, 0.25) is 0 Å². The maximum atomic E-state index is 11.6. The zero-order valence-electron chi connectivity index (χ0n) is 13.9. The standard InChI is InChI=1S/C18H23N3O3.H2O/c22-16(14-24-17-9-5-2-6-10-17)13-19-11-12-20-18(23)21-15-7-3-1-4-8-15;/h1-10,16,19,22H,11-14H2,(H2,20,21,23);1H2. The zero-order valence-corrected chi connectivity index (χ0v) is 13.9. The highest BCUT2D eigenvalue weighted by Gasteiger charge is 2.05. The number of hydrogen-bond donors (Lipinski definition) is 4. The molecule has 0 saturated carbocycles. The van der Waals surface area contributed by atoms with Gasteiger partial charge in [-0.2, -0.15) is 0 Å². The molecule has 1 unspecified atom stereocenters. The summed E-state index contributed by atoms with van der Waals surface area (Å²) in [5.41, 5.74) is 0.747. The number of rotatable bonds is 9. The van der Waals surface area contributed by atoms with Gasteiger partial charge in [-0.15, -0.1) is 0 Å². The molecule has 0 radical (unpaired) electrons. The molecule has 0 saturated heterocycles. The van der Waals surface area contributed by atoms with Crippen molar-refractivity contribution in [3.63, 3.8) is 0 Å². The average Bonchev–Trinajstić information content (AvgIpc) is 2.61. The maximum Gasteiger partial charge on any atom is 0.319 e. The SMILES string of the molecule is O.O=C(NCCNCC(O)COc1ccccc1)Nc1ccccc1. The van der Waals surface area contributed by atoms with E-state index in [9.17, 15) is 9.90 Å². The van der Waals surface area contributed by atoms with E-state index in [0.717, 1.165) is 11.4 Å². The van der Waals surface area contributed by atoms with Gasteiger partial charge in [0.25, 0.3) is 0 Å². The summed E-state index contributed by atoms with van der Waals surface area (Å²) in [7, 11) is 0. The van der Waals surface area contributed by atoms with Crippen molar-refractivity contribution in [3.05, 3.63) is 60.7 Å². The van der Waals surface area contributed by atoms with Gasteiger partial charge < -0.3 is 31.3 Å². The topological polar surface area (TPSA) is 114 Å². The number of carbonyl (C=O) groups is 1. The molecule has 0 bridgehead atoms. The van der Waals surface area contributed by atoms with Gasteiger partial charge in [-0.1, -0.05) is 36.4 Å². The molecule has 25 heavy (non-hydrogen) atoms. The van der Waals surface area contributed by atoms with Crippen LogP contribution in [0.4, 0.5) is 10.5 Å². The average molecular weight is 347 g/mol. The predicted molar refractivity (Wildman–Crippen MR) is 97.9 cm³/mol. The second-order valence-electron chi connectivity index (χ2n) is 5.23. The molecule has 1 atom stereocenters. The molecular weight excluding hydrogens is 322 g/mol. The lowest BCUT2D eigenvalue weighted by molar-refractivity contribution is 0.106. The summed E-state index contributed by atoms with van der Waals surface area (Å²) in [5.74, 6) is 0.732. The number of aliphatic hydroxyl groups excluding tert-OH is 1. The van der Waals surface area contributed by atoms with Crippen LogP contribution in [0.25, 0.3) is 0 Å². The number of ether oxygens (including phenoxy) is 1. The number of para-hydroxylation sites is 2. The van der Waals surface area contributed by atoms with Crippen molar-refractivity contribution in [1.82, 2.24) is 10.6 Å². The number of benzene rings is 2. The largest absolute Gasteiger partial charge is 0.491 e. The third-order valence-corrected chi connectivity index (χ3v) is 3.18. The lowest BCUT2D eigenvalue weighted by atomic mass is 10.3. The molecule has 2 rings (SSSR count). The van der Waals surface area contributed by atoms with Crippen molar-refractivity contribution in [2.24, 2.45) is 0 Å². The molecule has 0 aliphatic carbocycles. The van der Waals surface area contributed by atoms with Crippen molar-refractivity contribution in [1.29, 1.82) is 0 Å². The Labute approximate surface area is 147 Å². The van der Waals surface area contributed by atoms with Crippen LogP contribution in [0.3, 0.4) is 0 Å². The minimum atomic E-state index is -0.608. The van der Waals surface area contributed by atoms with Crippen molar-refractivity contribution >= 4 is 11.7 Å². The third-order valence-electron chi connectivity index (χ3n) is 3.18. The van der Waals surface area contributed by atoms with Gasteiger partial charge in [0.2, 0.25) is 0 Å². The van der Waals surface area contributed by atoms with Gasteiger partial charge in [-0.05, 0) is 24.3 Å². The molecule has 2 aromatic rings. The zero-order chi connectivity index (χ0) is 17.0. The van der Waals surface area contributed by atoms with E-state index < -0.39 is 6.10 Å². The molecule has 2 aromatic carbocycles. The summed E-state index contributed by atoms with van der Waals surface area (Å²) in [4.78, 5) is 11.6. The summed E-state index contributed by atoms with van der Waals surface area (Å²) >= 11 is 0. The summed E-state index contributed by atoms with van der Waals surface area (Å²) < 4.78 is 5.46. The van der Waals surface area contributed by atoms with Gasteiger partial charge in [0, 0.05) is 25.3 Å². The molecule has 7 nitrogen and oxygen atoms in total. The molecule has 0 spiro atoms. The summed E-state index contributed by atoms with van der Waals surface area (Å²) in [6.07, 6.45) is -0.608. The van der Waals surface area contributed by atoms with E-state index in [1.807, 2.05) is 60.7 Å². The molecule has 136 valence electrons. The Hall–Kier alpha value is -2.61. The fourth-order valence-corrected chi connectivity index (χ4v) is 2.00. The third kappa shape index (κ3) is 8.71. The van der Waals surface area contributed by atoms with Crippen LogP contribution in [-0.4, -0.2) is 49.0 Å². The Balaban J connectivity index is 0.00000312. The van der Waals surface area contributed by atoms with Gasteiger partial charge in [0.1, 0.15) is 18.5 Å². The first-order valence-electron chi connectivity index (χ1n) is 7.90. The molecule has 0 aromatic heterocycles. The van der Waals surface area contributed by atoms with Crippen molar-refractivity contribution in [3.8, 4) is 5.75 Å². The molecule has 7 heteroatoms. The van der Waals surface area contributed by atoms with Crippen LogP contribution in [0.5, 0.6) is 5.75 Å². The monoisotopic (exact) mass is 347 g/mol. The predicted octanol–water partition coefficient (Wildman–Crippen LogP) is 1.01. The number of anilines is 1. The molecule has 0 fully saturated rings. The molecule has 2 amide bonds. The highest BCUT2D eigenvalue weighted by molar-refractivity contribution is 5.89. The minimum absolute atomic E-state index is 0. The normalized spacial score (nSPS) is 11.1. The molecule has 0 aliphatic rings. The Bertz CT molecular complexity index is 596. The molecular formula is C18H25N3O4. The van der Waals surface area contributed by atoms with E-state index in [2.05, 4.69) is 16.0 Å². The van der Waals surface area contributed by atoms with Crippen LogP contribution in [0, 0.1) is 0 Å². The number of nitrogens with one attached hydrogen (secondary N) is 3. The molecule has 0 heterocycles. The first kappa shape index (κ1) is 20.4. The lowest BCUT2D eigenvalue weighted by Gasteiger charge is -2.13. The van der Waals surface area contributed by atoms with E-state index in [1.54, 1.807) is 0 Å². The minimum Gasteiger partial charge on any atom is -0.491 e. The van der Waals surface area contributed by atoms with Gasteiger partial charge in [-0.25, -0.2) is 4.79 Å². The summed E-state index contributed by atoms with van der Waals surface area (Å²) in [5, 5.41) is 18.4. The second-order valence-corrected chi connectivity index (χ2v) is 5.23. The molecule has 6 N–H and O–H groups in total. The Morgan fingerprint density at radius 3 is 2.32 bits per heavy atom. The van der Waals surface area contributed by atoms with Gasteiger partial charge in [0.15, 0.2) is 0 Å². The van der Waals surface area contributed by atoms with Crippen molar-refractivity contribution in [2.75, 3.05) is 31.6 Å². The second kappa shape index (κ2) is 11.9. The number of amides is 2.